The van der Waals surface area contributed by atoms with Gasteiger partial charge >= 0.3 is 0 Å². The molecule has 2 heterocycles. The zero-order chi connectivity index (χ0) is 21.0. The van der Waals surface area contributed by atoms with E-state index in [0.717, 1.165) is 37.1 Å². The monoisotopic (exact) mass is 427 g/mol. The van der Waals surface area contributed by atoms with E-state index < -0.39 is 10.0 Å². The van der Waals surface area contributed by atoms with Gasteiger partial charge < -0.3 is 4.90 Å². The highest BCUT2D eigenvalue weighted by Gasteiger charge is 2.36. The maximum Gasteiger partial charge on any atom is 0.244 e. The van der Waals surface area contributed by atoms with Crippen LogP contribution >= 0.6 is 0 Å². The van der Waals surface area contributed by atoms with E-state index >= 15 is 0 Å². The van der Waals surface area contributed by atoms with Crippen LogP contribution in [0.15, 0.2) is 60.7 Å². The molecule has 0 aromatic heterocycles. The lowest BCUT2D eigenvalue weighted by Crippen LogP contribution is -2.52. The van der Waals surface area contributed by atoms with Gasteiger partial charge in [-0.15, -0.1) is 0 Å². The number of carbonyl (C=O) groups excluding carboxylic acids is 1. The number of likely N-dealkylation sites (tertiary alicyclic amines) is 1. The van der Waals surface area contributed by atoms with Crippen LogP contribution in [-0.2, 0) is 20.6 Å². The second-order valence-corrected chi connectivity index (χ2v) is 9.99. The first kappa shape index (κ1) is 21.0. The van der Waals surface area contributed by atoms with Crippen LogP contribution in [0, 0.1) is 0 Å². The Morgan fingerprint density at radius 2 is 1.37 bits per heavy atom. The van der Waals surface area contributed by atoms with E-state index in [-0.39, 0.29) is 17.7 Å². The van der Waals surface area contributed by atoms with Crippen LogP contribution in [-0.4, -0.2) is 67.7 Å². The molecule has 2 aliphatic rings. The van der Waals surface area contributed by atoms with Crippen LogP contribution in [0.25, 0.3) is 0 Å². The van der Waals surface area contributed by atoms with Gasteiger partial charge in [0.1, 0.15) is 6.04 Å². The first-order valence-electron chi connectivity index (χ1n) is 10.6. The molecule has 2 aromatic rings. The van der Waals surface area contributed by atoms with Crippen molar-refractivity contribution in [3.05, 3.63) is 71.8 Å². The van der Waals surface area contributed by atoms with Crippen LogP contribution in [0.5, 0.6) is 0 Å². The van der Waals surface area contributed by atoms with Gasteiger partial charge in [-0.1, -0.05) is 60.7 Å². The molecular formula is C23H29N3O3S. The molecule has 0 spiro atoms. The smallest absolute Gasteiger partial charge is 0.244 e. The van der Waals surface area contributed by atoms with Gasteiger partial charge in [-0.25, -0.2) is 8.42 Å². The van der Waals surface area contributed by atoms with Crippen molar-refractivity contribution in [2.75, 3.05) is 39.3 Å². The Morgan fingerprint density at radius 1 is 0.800 bits per heavy atom. The molecule has 6 nitrogen and oxygen atoms in total. The van der Waals surface area contributed by atoms with Crippen molar-refractivity contribution in [1.82, 2.24) is 14.1 Å². The van der Waals surface area contributed by atoms with Crippen molar-refractivity contribution in [3.63, 3.8) is 0 Å². The summed E-state index contributed by atoms with van der Waals surface area (Å²) >= 11 is 0. The number of sulfonamides is 1. The third-order valence-electron chi connectivity index (χ3n) is 5.99. The molecule has 2 aliphatic heterocycles. The Hall–Kier alpha value is -2.22. The van der Waals surface area contributed by atoms with Gasteiger partial charge in [0, 0.05) is 39.3 Å². The lowest BCUT2D eigenvalue weighted by molar-refractivity contribution is -0.136. The Morgan fingerprint density at radius 3 is 1.97 bits per heavy atom. The number of carbonyl (C=O) groups is 1. The van der Waals surface area contributed by atoms with Crippen LogP contribution in [0.4, 0.5) is 0 Å². The Labute approximate surface area is 179 Å². The summed E-state index contributed by atoms with van der Waals surface area (Å²) in [5.74, 6) is 0.155. The predicted molar refractivity (Wildman–Crippen MR) is 117 cm³/mol. The summed E-state index contributed by atoms with van der Waals surface area (Å²) in [6, 6.07) is 18.8. The third-order valence-corrected chi connectivity index (χ3v) is 7.84. The van der Waals surface area contributed by atoms with Crippen molar-refractivity contribution in [2.24, 2.45) is 0 Å². The van der Waals surface area contributed by atoms with Crippen molar-refractivity contribution in [1.29, 1.82) is 0 Å². The quantitative estimate of drug-likeness (QED) is 0.711. The van der Waals surface area contributed by atoms with Gasteiger partial charge in [0.2, 0.25) is 15.9 Å². The van der Waals surface area contributed by atoms with E-state index in [9.17, 15) is 13.2 Å². The fourth-order valence-electron chi connectivity index (χ4n) is 4.37. The van der Waals surface area contributed by atoms with Crippen LogP contribution in [0.3, 0.4) is 0 Å². The van der Waals surface area contributed by atoms with Gasteiger partial charge in [-0.2, -0.15) is 4.31 Å². The Kier molecular flexibility index (Phi) is 6.51. The standard InChI is InChI=1S/C23H29N3O3S/c27-23(25-13-7-8-14-25)22(21-11-5-2-6-12-21)24-15-17-26(18-16-24)30(28,29)19-20-9-3-1-4-10-20/h1-6,9-12,22H,7-8,13-19H2. The van der Waals surface area contributed by atoms with E-state index in [0.29, 0.717) is 26.2 Å². The van der Waals surface area contributed by atoms with Gasteiger partial charge in [-0.3, -0.25) is 9.69 Å². The SMILES string of the molecule is O=C(C(c1ccccc1)N1CCN(S(=O)(=O)Cc2ccccc2)CC1)N1CCCC1. The molecule has 2 aromatic carbocycles. The minimum Gasteiger partial charge on any atom is -0.341 e. The topological polar surface area (TPSA) is 60.9 Å². The van der Waals surface area contributed by atoms with E-state index in [1.165, 1.54) is 0 Å². The molecule has 0 aliphatic carbocycles. The summed E-state index contributed by atoms with van der Waals surface area (Å²) in [5, 5.41) is 0. The van der Waals surface area contributed by atoms with Gasteiger partial charge in [0.25, 0.3) is 0 Å². The highest BCUT2D eigenvalue weighted by Crippen LogP contribution is 2.27. The number of benzene rings is 2. The average Bonchev–Trinajstić information content (AvgIpc) is 3.30. The second-order valence-electron chi connectivity index (χ2n) is 8.02. The first-order valence-corrected chi connectivity index (χ1v) is 12.2. The van der Waals surface area contributed by atoms with Crippen molar-refractivity contribution in [3.8, 4) is 0 Å². The molecule has 1 amide bonds. The number of nitrogens with zero attached hydrogens (tertiary/aromatic N) is 3. The Bertz CT molecular complexity index is 936. The van der Waals surface area contributed by atoms with Gasteiger partial charge in [-0.05, 0) is 24.0 Å². The van der Waals surface area contributed by atoms with Crippen LogP contribution < -0.4 is 0 Å². The number of piperazine rings is 1. The summed E-state index contributed by atoms with van der Waals surface area (Å²) in [7, 11) is -3.37. The molecule has 2 fully saturated rings. The maximum absolute atomic E-state index is 13.3. The molecule has 2 saturated heterocycles. The number of amides is 1. The zero-order valence-electron chi connectivity index (χ0n) is 17.2. The lowest BCUT2D eigenvalue weighted by atomic mass is 10.0. The molecular weight excluding hydrogens is 398 g/mol. The summed E-state index contributed by atoms with van der Waals surface area (Å²) in [5.41, 5.74) is 1.78. The minimum absolute atomic E-state index is 0.0165. The number of hydrogen-bond acceptors (Lipinski definition) is 4. The Balaban J connectivity index is 1.46. The summed E-state index contributed by atoms with van der Waals surface area (Å²) < 4.78 is 27.3. The maximum atomic E-state index is 13.3. The van der Waals surface area contributed by atoms with E-state index in [1.807, 2.05) is 65.6 Å². The molecule has 160 valence electrons. The lowest BCUT2D eigenvalue weighted by Gasteiger charge is -2.39. The number of hydrogen-bond donors (Lipinski definition) is 0. The molecule has 7 heteroatoms. The van der Waals surface area contributed by atoms with Crippen molar-refractivity contribution < 1.29 is 13.2 Å². The summed E-state index contributed by atoms with van der Waals surface area (Å²) in [6.45, 7) is 3.54. The largest absolute Gasteiger partial charge is 0.341 e. The van der Waals surface area contributed by atoms with Crippen molar-refractivity contribution in [2.45, 2.75) is 24.6 Å². The average molecular weight is 428 g/mol. The van der Waals surface area contributed by atoms with Crippen LogP contribution in [0.2, 0.25) is 0 Å². The van der Waals surface area contributed by atoms with Gasteiger partial charge in [0.05, 0.1) is 5.75 Å². The molecule has 0 radical (unpaired) electrons. The molecule has 0 bridgehead atoms. The van der Waals surface area contributed by atoms with E-state index in [4.69, 9.17) is 0 Å². The predicted octanol–water partition coefficient (Wildman–Crippen LogP) is 2.50. The highest BCUT2D eigenvalue weighted by atomic mass is 32.2. The molecule has 1 atom stereocenters. The minimum atomic E-state index is -3.37. The van der Waals surface area contributed by atoms with E-state index in [2.05, 4.69) is 4.90 Å². The van der Waals surface area contributed by atoms with Crippen molar-refractivity contribution >= 4 is 15.9 Å². The zero-order valence-corrected chi connectivity index (χ0v) is 18.0. The fourth-order valence-corrected chi connectivity index (χ4v) is 5.89. The summed E-state index contributed by atoms with van der Waals surface area (Å²) in [4.78, 5) is 17.4. The molecule has 30 heavy (non-hydrogen) atoms. The fraction of sp³-hybridized carbons (Fsp3) is 0.435. The number of rotatable bonds is 6. The molecule has 0 saturated carbocycles. The summed E-state index contributed by atoms with van der Waals surface area (Å²) in [6.07, 6.45) is 2.11. The van der Waals surface area contributed by atoms with Gasteiger partial charge in [0.15, 0.2) is 0 Å². The van der Waals surface area contributed by atoms with Crippen LogP contribution in [0.1, 0.15) is 30.0 Å². The van der Waals surface area contributed by atoms with E-state index in [1.54, 1.807) is 4.31 Å². The molecule has 0 N–H and O–H groups in total. The second kappa shape index (κ2) is 9.29. The molecule has 1 unspecified atom stereocenters. The normalized spacial score (nSPS) is 19.7. The first-order chi connectivity index (χ1) is 14.5. The highest BCUT2D eigenvalue weighted by molar-refractivity contribution is 7.88. The molecule has 4 rings (SSSR count). The third kappa shape index (κ3) is 4.74.